The molecule has 1 amide bonds. The van der Waals surface area contributed by atoms with E-state index < -0.39 is 17.8 Å². The van der Waals surface area contributed by atoms with E-state index in [-0.39, 0.29) is 12.5 Å². The fourth-order valence-corrected chi connectivity index (χ4v) is 2.04. The number of rotatable bonds is 5. The van der Waals surface area contributed by atoms with Crippen molar-refractivity contribution < 1.29 is 18.0 Å². The normalized spacial score (nSPS) is 13.3. The van der Waals surface area contributed by atoms with Crippen LogP contribution in [0.4, 0.5) is 13.2 Å². The van der Waals surface area contributed by atoms with E-state index in [2.05, 4.69) is 0 Å². The van der Waals surface area contributed by atoms with Gasteiger partial charge >= 0.3 is 6.18 Å². The first kappa shape index (κ1) is 17.5. The van der Waals surface area contributed by atoms with Gasteiger partial charge in [0.15, 0.2) is 0 Å². The van der Waals surface area contributed by atoms with Crippen molar-refractivity contribution in [3.05, 3.63) is 35.4 Å². The minimum absolute atomic E-state index is 0.205. The largest absolute Gasteiger partial charge is 0.416 e. The number of amides is 1. The summed E-state index contributed by atoms with van der Waals surface area (Å²) < 4.78 is 37.4. The first-order valence-electron chi connectivity index (χ1n) is 6.78. The number of halogens is 3. The second kappa shape index (κ2) is 6.93. The molecule has 1 aromatic carbocycles. The molecule has 1 unspecified atom stereocenters. The molecular weight excluding hydrogens is 281 g/mol. The van der Waals surface area contributed by atoms with Crippen LogP contribution in [-0.2, 0) is 17.5 Å². The highest BCUT2D eigenvalue weighted by Gasteiger charge is 2.30. The van der Waals surface area contributed by atoms with Crippen molar-refractivity contribution in [1.82, 2.24) is 4.90 Å². The third-order valence-corrected chi connectivity index (χ3v) is 3.12. The SMILES string of the molecule is CC(C)CC(N)C(=O)N(C)Cc1ccc(C(F)(F)F)cc1. The average molecular weight is 302 g/mol. The molecule has 6 heteroatoms. The molecule has 0 spiro atoms. The molecule has 0 aliphatic rings. The van der Waals surface area contributed by atoms with E-state index in [1.165, 1.54) is 17.0 Å². The lowest BCUT2D eigenvalue weighted by molar-refractivity contribution is -0.137. The molecule has 0 aromatic heterocycles. The average Bonchev–Trinajstić information content (AvgIpc) is 2.36. The van der Waals surface area contributed by atoms with Gasteiger partial charge in [-0.3, -0.25) is 4.79 Å². The Kier molecular flexibility index (Phi) is 5.78. The van der Waals surface area contributed by atoms with E-state index in [9.17, 15) is 18.0 Å². The number of likely N-dealkylation sites (N-methyl/N-ethyl adjacent to an activating group) is 1. The summed E-state index contributed by atoms with van der Waals surface area (Å²) in [7, 11) is 1.60. The number of hydrogen-bond acceptors (Lipinski definition) is 2. The number of alkyl halides is 3. The van der Waals surface area contributed by atoms with Gasteiger partial charge in [0.05, 0.1) is 11.6 Å². The molecule has 118 valence electrons. The van der Waals surface area contributed by atoms with Crippen molar-refractivity contribution in [3.63, 3.8) is 0 Å². The Morgan fingerprint density at radius 1 is 1.24 bits per heavy atom. The zero-order chi connectivity index (χ0) is 16.2. The molecule has 0 saturated heterocycles. The van der Waals surface area contributed by atoms with Crippen molar-refractivity contribution in [2.45, 2.75) is 39.0 Å². The van der Waals surface area contributed by atoms with Crippen molar-refractivity contribution in [1.29, 1.82) is 0 Å². The van der Waals surface area contributed by atoms with E-state index >= 15 is 0 Å². The number of benzene rings is 1. The Hall–Kier alpha value is -1.56. The van der Waals surface area contributed by atoms with Crippen LogP contribution < -0.4 is 5.73 Å². The predicted octanol–water partition coefficient (Wildman–Crippen LogP) is 3.04. The summed E-state index contributed by atoms with van der Waals surface area (Å²) in [5.41, 5.74) is 5.75. The maximum absolute atomic E-state index is 12.5. The van der Waals surface area contributed by atoms with Gasteiger partial charge in [0, 0.05) is 13.6 Å². The monoisotopic (exact) mass is 302 g/mol. The van der Waals surface area contributed by atoms with Crippen LogP contribution in [0.1, 0.15) is 31.4 Å². The van der Waals surface area contributed by atoms with E-state index in [0.717, 1.165) is 12.1 Å². The van der Waals surface area contributed by atoms with E-state index in [1.807, 2.05) is 13.8 Å². The molecule has 0 radical (unpaired) electrons. The quantitative estimate of drug-likeness (QED) is 0.908. The molecule has 21 heavy (non-hydrogen) atoms. The number of carbonyl (C=O) groups excluding carboxylic acids is 1. The third-order valence-electron chi connectivity index (χ3n) is 3.12. The van der Waals surface area contributed by atoms with Crippen molar-refractivity contribution in [2.75, 3.05) is 7.05 Å². The first-order valence-corrected chi connectivity index (χ1v) is 6.78. The van der Waals surface area contributed by atoms with Crippen LogP contribution >= 0.6 is 0 Å². The summed E-state index contributed by atoms with van der Waals surface area (Å²) in [5.74, 6) is 0.104. The summed E-state index contributed by atoms with van der Waals surface area (Å²) in [6.07, 6.45) is -3.77. The minimum Gasteiger partial charge on any atom is -0.340 e. The van der Waals surface area contributed by atoms with Gasteiger partial charge in [0.2, 0.25) is 5.91 Å². The van der Waals surface area contributed by atoms with Gasteiger partial charge in [0.1, 0.15) is 0 Å². The molecule has 3 nitrogen and oxygen atoms in total. The molecule has 1 atom stereocenters. The second-order valence-electron chi connectivity index (χ2n) is 5.63. The fraction of sp³-hybridized carbons (Fsp3) is 0.533. The van der Waals surface area contributed by atoms with Crippen LogP contribution in [0.3, 0.4) is 0 Å². The molecule has 0 aliphatic heterocycles. The molecule has 1 rings (SSSR count). The first-order chi connectivity index (χ1) is 9.61. The molecule has 1 aromatic rings. The molecule has 0 aliphatic carbocycles. The molecule has 0 bridgehead atoms. The zero-order valence-corrected chi connectivity index (χ0v) is 12.4. The third kappa shape index (κ3) is 5.38. The molecule has 2 N–H and O–H groups in total. The van der Waals surface area contributed by atoms with E-state index in [1.54, 1.807) is 7.05 Å². The highest BCUT2D eigenvalue weighted by molar-refractivity contribution is 5.81. The molecular formula is C15H21F3N2O. The molecule has 0 heterocycles. The maximum atomic E-state index is 12.5. The smallest absolute Gasteiger partial charge is 0.340 e. The lowest BCUT2D eigenvalue weighted by atomic mass is 10.0. The van der Waals surface area contributed by atoms with Gasteiger partial charge in [-0.15, -0.1) is 0 Å². The van der Waals surface area contributed by atoms with Gasteiger partial charge < -0.3 is 10.6 Å². The number of hydrogen-bond donors (Lipinski definition) is 1. The van der Waals surface area contributed by atoms with Crippen molar-refractivity contribution >= 4 is 5.91 Å². The Morgan fingerprint density at radius 2 is 1.76 bits per heavy atom. The Morgan fingerprint density at radius 3 is 2.19 bits per heavy atom. The summed E-state index contributed by atoms with van der Waals surface area (Å²) in [6.45, 7) is 4.19. The van der Waals surface area contributed by atoms with Crippen LogP contribution in [0.5, 0.6) is 0 Å². The van der Waals surface area contributed by atoms with Gasteiger partial charge in [0.25, 0.3) is 0 Å². The lowest BCUT2D eigenvalue weighted by Crippen LogP contribution is -2.42. The summed E-state index contributed by atoms with van der Waals surface area (Å²) >= 11 is 0. The van der Waals surface area contributed by atoms with Crippen LogP contribution in [0, 0.1) is 5.92 Å². The van der Waals surface area contributed by atoms with Crippen LogP contribution in [-0.4, -0.2) is 23.9 Å². The highest BCUT2D eigenvalue weighted by atomic mass is 19.4. The maximum Gasteiger partial charge on any atom is 0.416 e. The van der Waals surface area contributed by atoms with Crippen molar-refractivity contribution in [2.24, 2.45) is 11.7 Å². The van der Waals surface area contributed by atoms with E-state index in [4.69, 9.17) is 5.73 Å². The number of nitrogens with zero attached hydrogens (tertiary/aromatic N) is 1. The number of nitrogens with two attached hydrogens (primary N) is 1. The van der Waals surface area contributed by atoms with Gasteiger partial charge in [-0.2, -0.15) is 13.2 Å². The standard InChI is InChI=1S/C15H21F3N2O/c1-10(2)8-13(19)14(21)20(3)9-11-4-6-12(7-5-11)15(16,17)18/h4-7,10,13H,8-9,19H2,1-3H3. The number of carbonyl (C=O) groups is 1. The zero-order valence-electron chi connectivity index (χ0n) is 12.4. The lowest BCUT2D eigenvalue weighted by Gasteiger charge is -2.22. The van der Waals surface area contributed by atoms with Crippen molar-refractivity contribution in [3.8, 4) is 0 Å². The molecule has 0 saturated carbocycles. The van der Waals surface area contributed by atoms with Gasteiger partial charge in [-0.05, 0) is 30.0 Å². The van der Waals surface area contributed by atoms with Gasteiger partial charge in [-0.1, -0.05) is 26.0 Å². The summed E-state index contributed by atoms with van der Waals surface area (Å²) in [6, 6.07) is 4.20. The van der Waals surface area contributed by atoms with Crippen LogP contribution in [0.25, 0.3) is 0 Å². The highest BCUT2D eigenvalue weighted by Crippen LogP contribution is 2.29. The van der Waals surface area contributed by atoms with Crippen LogP contribution in [0.15, 0.2) is 24.3 Å². The van der Waals surface area contributed by atoms with E-state index in [0.29, 0.717) is 17.9 Å². The second-order valence-corrected chi connectivity index (χ2v) is 5.63. The topological polar surface area (TPSA) is 46.3 Å². The Balaban J connectivity index is 2.66. The Labute approximate surface area is 122 Å². The molecule has 0 fully saturated rings. The summed E-state index contributed by atoms with van der Waals surface area (Å²) in [4.78, 5) is 13.5. The summed E-state index contributed by atoms with van der Waals surface area (Å²) in [5, 5.41) is 0. The fourth-order valence-electron chi connectivity index (χ4n) is 2.04. The minimum atomic E-state index is -4.35. The van der Waals surface area contributed by atoms with Gasteiger partial charge in [-0.25, -0.2) is 0 Å². The predicted molar refractivity (Wildman–Crippen MR) is 75.3 cm³/mol. The Bertz CT molecular complexity index is 469. The van der Waals surface area contributed by atoms with Crippen LogP contribution in [0.2, 0.25) is 0 Å².